The van der Waals surface area contributed by atoms with E-state index in [-0.39, 0.29) is 5.91 Å². The lowest BCUT2D eigenvalue weighted by Gasteiger charge is -2.05. The molecule has 0 aliphatic carbocycles. The number of rotatable bonds is 2. The van der Waals surface area contributed by atoms with Crippen LogP contribution in [0.3, 0.4) is 0 Å². The number of aromatic nitrogens is 3. The largest absolute Gasteiger partial charge is 0.326 e. The first kappa shape index (κ1) is 12.3. The van der Waals surface area contributed by atoms with E-state index in [9.17, 15) is 4.79 Å². The van der Waals surface area contributed by atoms with Gasteiger partial charge in [0.15, 0.2) is 5.65 Å². The van der Waals surface area contributed by atoms with Gasteiger partial charge in [0.1, 0.15) is 0 Å². The molecular weight excluding hydrogens is 252 g/mol. The van der Waals surface area contributed by atoms with E-state index < -0.39 is 0 Å². The number of anilines is 1. The summed E-state index contributed by atoms with van der Waals surface area (Å²) in [6.45, 7) is 3.46. The highest BCUT2D eigenvalue weighted by molar-refractivity contribution is 5.88. The van der Waals surface area contributed by atoms with Crippen molar-refractivity contribution in [1.29, 1.82) is 0 Å². The monoisotopic (exact) mass is 266 g/mol. The summed E-state index contributed by atoms with van der Waals surface area (Å²) in [7, 11) is 0. The van der Waals surface area contributed by atoms with Crippen LogP contribution < -0.4 is 5.32 Å². The summed E-state index contributed by atoms with van der Waals surface area (Å²) in [6, 6.07) is 11.5. The number of hydrogen-bond acceptors (Lipinski definition) is 3. The maximum atomic E-state index is 11.0. The fourth-order valence-electron chi connectivity index (χ4n) is 2.07. The molecule has 0 aliphatic heterocycles. The van der Waals surface area contributed by atoms with E-state index >= 15 is 0 Å². The van der Waals surface area contributed by atoms with Crippen LogP contribution in [0.1, 0.15) is 12.6 Å². The topological polar surface area (TPSA) is 59.3 Å². The summed E-state index contributed by atoms with van der Waals surface area (Å²) in [5.74, 6) is -0.0775. The van der Waals surface area contributed by atoms with Crippen molar-refractivity contribution in [3.63, 3.8) is 0 Å². The Labute approximate surface area is 116 Å². The Morgan fingerprint density at radius 1 is 1.15 bits per heavy atom. The summed E-state index contributed by atoms with van der Waals surface area (Å²) in [6.07, 6.45) is 1.80. The lowest BCUT2D eigenvalue weighted by atomic mass is 10.1. The Hall–Kier alpha value is -2.69. The number of nitrogens with one attached hydrogen (secondary N) is 1. The second-order valence-electron chi connectivity index (χ2n) is 4.65. The number of imidazole rings is 1. The quantitative estimate of drug-likeness (QED) is 0.775. The van der Waals surface area contributed by atoms with Crippen molar-refractivity contribution < 1.29 is 4.79 Å². The Morgan fingerprint density at radius 3 is 2.60 bits per heavy atom. The number of aryl methyl sites for hydroxylation is 1. The standard InChI is InChI=1S/C15H14N4O/c1-10-9-16-15-8-7-14(18-19(10)15)12-3-5-13(6-4-12)17-11(2)20/h3-9H,1-2H3,(H,17,20). The van der Waals surface area contributed by atoms with Crippen molar-refractivity contribution in [2.75, 3.05) is 5.32 Å². The Bertz CT molecular complexity index is 774. The van der Waals surface area contributed by atoms with E-state index in [1.807, 2.05) is 47.8 Å². The third kappa shape index (κ3) is 2.25. The molecule has 0 unspecified atom stereocenters. The third-order valence-corrected chi connectivity index (χ3v) is 3.03. The van der Waals surface area contributed by atoms with Gasteiger partial charge in [0.05, 0.1) is 17.6 Å². The molecule has 20 heavy (non-hydrogen) atoms. The van der Waals surface area contributed by atoms with Crippen molar-refractivity contribution in [2.24, 2.45) is 0 Å². The Balaban J connectivity index is 1.97. The predicted octanol–water partition coefficient (Wildman–Crippen LogP) is 2.66. The molecule has 0 spiro atoms. The van der Waals surface area contributed by atoms with Crippen LogP contribution >= 0.6 is 0 Å². The van der Waals surface area contributed by atoms with Gasteiger partial charge in [-0.1, -0.05) is 12.1 Å². The van der Waals surface area contributed by atoms with Crippen molar-refractivity contribution >= 4 is 17.2 Å². The van der Waals surface area contributed by atoms with Crippen LogP contribution in [0.5, 0.6) is 0 Å². The Morgan fingerprint density at radius 2 is 1.90 bits per heavy atom. The van der Waals surface area contributed by atoms with Gasteiger partial charge in [0.2, 0.25) is 5.91 Å². The minimum Gasteiger partial charge on any atom is -0.326 e. The van der Waals surface area contributed by atoms with Gasteiger partial charge in [-0.15, -0.1) is 0 Å². The Kier molecular flexibility index (Phi) is 2.95. The lowest BCUT2D eigenvalue weighted by Crippen LogP contribution is -2.05. The predicted molar refractivity (Wildman–Crippen MR) is 77.5 cm³/mol. The molecule has 1 N–H and O–H groups in total. The average Bonchev–Trinajstić information content (AvgIpc) is 2.80. The van der Waals surface area contributed by atoms with Crippen molar-refractivity contribution in [3.8, 4) is 11.3 Å². The number of nitrogens with zero attached hydrogens (tertiary/aromatic N) is 3. The zero-order chi connectivity index (χ0) is 14.1. The van der Waals surface area contributed by atoms with Gasteiger partial charge in [0, 0.05) is 18.2 Å². The van der Waals surface area contributed by atoms with Crippen LogP contribution in [0.4, 0.5) is 5.69 Å². The normalized spacial score (nSPS) is 10.7. The second kappa shape index (κ2) is 4.77. The SMILES string of the molecule is CC(=O)Nc1ccc(-c2ccc3ncc(C)n3n2)cc1. The zero-order valence-corrected chi connectivity index (χ0v) is 11.3. The van der Waals surface area contributed by atoms with Gasteiger partial charge in [-0.2, -0.15) is 5.10 Å². The molecule has 0 saturated heterocycles. The zero-order valence-electron chi connectivity index (χ0n) is 11.3. The lowest BCUT2D eigenvalue weighted by molar-refractivity contribution is -0.114. The summed E-state index contributed by atoms with van der Waals surface area (Å²) in [5, 5.41) is 7.31. The van der Waals surface area contributed by atoms with Gasteiger partial charge in [0.25, 0.3) is 0 Å². The third-order valence-electron chi connectivity index (χ3n) is 3.03. The first-order valence-electron chi connectivity index (χ1n) is 6.33. The summed E-state index contributed by atoms with van der Waals surface area (Å²) >= 11 is 0. The molecule has 0 atom stereocenters. The summed E-state index contributed by atoms with van der Waals surface area (Å²) < 4.78 is 1.82. The van der Waals surface area contributed by atoms with E-state index in [1.54, 1.807) is 6.20 Å². The molecule has 2 aromatic heterocycles. The molecule has 5 heteroatoms. The molecule has 0 fully saturated rings. The first-order chi connectivity index (χ1) is 9.63. The van der Waals surface area contributed by atoms with Gasteiger partial charge in [-0.25, -0.2) is 9.50 Å². The maximum absolute atomic E-state index is 11.0. The van der Waals surface area contributed by atoms with Gasteiger partial charge >= 0.3 is 0 Å². The number of carbonyl (C=O) groups is 1. The highest BCUT2D eigenvalue weighted by atomic mass is 16.1. The molecule has 1 amide bonds. The number of hydrogen-bond donors (Lipinski definition) is 1. The summed E-state index contributed by atoms with van der Waals surface area (Å²) in [5.41, 5.74) is 4.47. The fourth-order valence-corrected chi connectivity index (χ4v) is 2.07. The van der Waals surface area contributed by atoms with Crippen molar-refractivity contribution in [2.45, 2.75) is 13.8 Å². The van der Waals surface area contributed by atoms with E-state index in [0.717, 1.165) is 28.3 Å². The maximum Gasteiger partial charge on any atom is 0.221 e. The smallest absolute Gasteiger partial charge is 0.221 e. The van der Waals surface area contributed by atoms with Crippen LogP contribution in [0.25, 0.3) is 16.9 Å². The molecule has 3 rings (SSSR count). The van der Waals surface area contributed by atoms with Crippen LogP contribution in [0.15, 0.2) is 42.6 Å². The average molecular weight is 266 g/mol. The van der Waals surface area contributed by atoms with Gasteiger partial charge in [-0.05, 0) is 31.2 Å². The molecule has 0 aliphatic rings. The highest BCUT2D eigenvalue weighted by Crippen LogP contribution is 2.20. The summed E-state index contributed by atoms with van der Waals surface area (Å²) in [4.78, 5) is 15.2. The van der Waals surface area contributed by atoms with Crippen molar-refractivity contribution in [1.82, 2.24) is 14.6 Å². The molecule has 5 nitrogen and oxygen atoms in total. The van der Waals surface area contributed by atoms with Crippen LogP contribution in [-0.4, -0.2) is 20.5 Å². The van der Waals surface area contributed by atoms with E-state index in [4.69, 9.17) is 0 Å². The van der Waals surface area contributed by atoms with Crippen LogP contribution in [0, 0.1) is 6.92 Å². The molecule has 2 heterocycles. The second-order valence-corrected chi connectivity index (χ2v) is 4.65. The number of fused-ring (bicyclic) bond motifs is 1. The van der Waals surface area contributed by atoms with Gasteiger partial charge in [-0.3, -0.25) is 4.79 Å². The number of amides is 1. The van der Waals surface area contributed by atoms with Crippen LogP contribution in [0.2, 0.25) is 0 Å². The molecule has 100 valence electrons. The molecular formula is C15H14N4O. The van der Waals surface area contributed by atoms with E-state index in [0.29, 0.717) is 0 Å². The molecule has 0 saturated carbocycles. The van der Waals surface area contributed by atoms with Crippen molar-refractivity contribution in [3.05, 3.63) is 48.3 Å². The number of carbonyl (C=O) groups excluding carboxylic acids is 1. The van der Waals surface area contributed by atoms with E-state index in [1.165, 1.54) is 6.92 Å². The molecule has 0 bridgehead atoms. The fraction of sp³-hybridized carbons (Fsp3) is 0.133. The van der Waals surface area contributed by atoms with E-state index in [2.05, 4.69) is 15.4 Å². The van der Waals surface area contributed by atoms with Crippen LogP contribution in [-0.2, 0) is 4.79 Å². The first-order valence-corrected chi connectivity index (χ1v) is 6.33. The minimum atomic E-state index is -0.0775. The molecule has 3 aromatic rings. The molecule has 1 aromatic carbocycles. The highest BCUT2D eigenvalue weighted by Gasteiger charge is 2.04. The molecule has 0 radical (unpaired) electrons. The van der Waals surface area contributed by atoms with Gasteiger partial charge < -0.3 is 5.32 Å². The minimum absolute atomic E-state index is 0.0775. The number of benzene rings is 1.